The zero-order chi connectivity index (χ0) is 15.7. The number of nitrogens with one attached hydrogen (secondary N) is 1. The first-order valence-corrected chi connectivity index (χ1v) is 7.55. The summed E-state index contributed by atoms with van der Waals surface area (Å²) in [5, 5.41) is 2.87. The number of carbonyl (C=O) groups is 2. The number of rotatable bonds is 8. The molecule has 1 rings (SSSR count). The lowest BCUT2D eigenvalue weighted by atomic mass is 10.1. The fourth-order valence-corrected chi connectivity index (χ4v) is 1.98. The van der Waals surface area contributed by atoms with Crippen LogP contribution >= 0.6 is 0 Å². The van der Waals surface area contributed by atoms with Crippen LogP contribution in [-0.2, 0) is 16.0 Å². The van der Waals surface area contributed by atoms with Crippen molar-refractivity contribution < 1.29 is 9.59 Å². The van der Waals surface area contributed by atoms with Gasteiger partial charge in [-0.15, -0.1) is 0 Å². The van der Waals surface area contributed by atoms with Crippen LogP contribution in [0.25, 0.3) is 0 Å². The van der Waals surface area contributed by atoms with Crippen LogP contribution in [0.5, 0.6) is 0 Å². The van der Waals surface area contributed by atoms with Crippen molar-refractivity contribution in [2.24, 2.45) is 5.92 Å². The lowest BCUT2D eigenvalue weighted by Gasteiger charge is -2.21. The van der Waals surface area contributed by atoms with Gasteiger partial charge in [-0.3, -0.25) is 9.59 Å². The molecule has 0 aliphatic carbocycles. The second-order valence-electron chi connectivity index (χ2n) is 5.69. The molecule has 0 aromatic heterocycles. The highest BCUT2D eigenvalue weighted by Crippen LogP contribution is 2.03. The van der Waals surface area contributed by atoms with Crippen molar-refractivity contribution in [1.82, 2.24) is 10.2 Å². The molecule has 1 aromatic rings. The molecule has 0 radical (unpaired) electrons. The van der Waals surface area contributed by atoms with Crippen LogP contribution < -0.4 is 5.32 Å². The quantitative estimate of drug-likeness (QED) is 0.798. The van der Waals surface area contributed by atoms with Crippen molar-refractivity contribution in [3.8, 4) is 0 Å². The van der Waals surface area contributed by atoms with Gasteiger partial charge >= 0.3 is 0 Å². The topological polar surface area (TPSA) is 49.4 Å². The van der Waals surface area contributed by atoms with E-state index in [-0.39, 0.29) is 11.8 Å². The Balaban J connectivity index is 2.36. The highest BCUT2D eigenvalue weighted by atomic mass is 16.2. The van der Waals surface area contributed by atoms with E-state index in [4.69, 9.17) is 0 Å². The summed E-state index contributed by atoms with van der Waals surface area (Å²) in [6.07, 6.45) is 1.18. The van der Waals surface area contributed by atoms with Crippen LogP contribution in [0.4, 0.5) is 0 Å². The number of amides is 2. The third-order valence-corrected chi connectivity index (χ3v) is 3.27. The summed E-state index contributed by atoms with van der Waals surface area (Å²) >= 11 is 0. The zero-order valence-corrected chi connectivity index (χ0v) is 13.3. The molecule has 0 aliphatic rings. The van der Waals surface area contributed by atoms with Gasteiger partial charge < -0.3 is 10.2 Å². The van der Waals surface area contributed by atoms with E-state index in [1.54, 1.807) is 11.8 Å². The maximum absolute atomic E-state index is 11.7. The molecule has 0 unspecified atom stereocenters. The van der Waals surface area contributed by atoms with E-state index in [0.29, 0.717) is 32.0 Å². The van der Waals surface area contributed by atoms with Gasteiger partial charge in [0.2, 0.25) is 11.8 Å². The lowest BCUT2D eigenvalue weighted by molar-refractivity contribution is -0.129. The molecule has 21 heavy (non-hydrogen) atoms. The number of hydrogen-bond donors (Lipinski definition) is 1. The summed E-state index contributed by atoms with van der Waals surface area (Å²) in [6.45, 7) is 7.48. The van der Waals surface area contributed by atoms with Gasteiger partial charge in [0.05, 0.1) is 0 Å². The van der Waals surface area contributed by atoms with Crippen molar-refractivity contribution in [3.63, 3.8) is 0 Å². The molecule has 116 valence electrons. The molecule has 2 amide bonds. The molecular formula is C17H26N2O2. The third-order valence-electron chi connectivity index (χ3n) is 3.27. The maximum Gasteiger partial charge on any atom is 0.221 e. The average Bonchev–Trinajstić information content (AvgIpc) is 2.45. The molecule has 0 heterocycles. The van der Waals surface area contributed by atoms with E-state index in [2.05, 4.69) is 19.2 Å². The van der Waals surface area contributed by atoms with Crippen LogP contribution in [0.1, 0.15) is 32.8 Å². The second kappa shape index (κ2) is 9.16. The van der Waals surface area contributed by atoms with Gasteiger partial charge in [-0.25, -0.2) is 0 Å². The largest absolute Gasteiger partial charge is 0.356 e. The summed E-state index contributed by atoms with van der Waals surface area (Å²) in [7, 11) is 0. The van der Waals surface area contributed by atoms with E-state index in [9.17, 15) is 9.59 Å². The number of benzene rings is 1. The Labute approximate surface area is 127 Å². The Morgan fingerprint density at radius 2 is 1.81 bits per heavy atom. The molecule has 0 bridgehead atoms. The monoisotopic (exact) mass is 290 g/mol. The smallest absolute Gasteiger partial charge is 0.221 e. The molecule has 0 spiro atoms. The van der Waals surface area contributed by atoms with E-state index >= 15 is 0 Å². The van der Waals surface area contributed by atoms with Gasteiger partial charge in [-0.1, -0.05) is 44.2 Å². The van der Waals surface area contributed by atoms with Crippen molar-refractivity contribution >= 4 is 11.8 Å². The highest BCUT2D eigenvalue weighted by Gasteiger charge is 2.11. The van der Waals surface area contributed by atoms with Crippen molar-refractivity contribution in [2.45, 2.75) is 33.6 Å². The number of carbonyl (C=O) groups excluding carboxylic acids is 2. The fraction of sp³-hybridized carbons (Fsp3) is 0.529. The Morgan fingerprint density at radius 3 is 2.38 bits per heavy atom. The Hall–Kier alpha value is -1.84. The van der Waals surface area contributed by atoms with E-state index in [1.807, 2.05) is 30.3 Å². The van der Waals surface area contributed by atoms with Crippen molar-refractivity contribution in [3.05, 3.63) is 35.9 Å². The summed E-state index contributed by atoms with van der Waals surface area (Å²) in [5.74, 6) is 0.466. The molecule has 1 N–H and O–H groups in total. The summed E-state index contributed by atoms with van der Waals surface area (Å²) < 4.78 is 0. The van der Waals surface area contributed by atoms with Gasteiger partial charge in [0.1, 0.15) is 0 Å². The van der Waals surface area contributed by atoms with Crippen LogP contribution in [0, 0.1) is 5.92 Å². The third kappa shape index (κ3) is 7.49. The lowest BCUT2D eigenvalue weighted by Crippen LogP contribution is -2.36. The van der Waals surface area contributed by atoms with Gasteiger partial charge in [0, 0.05) is 33.0 Å². The van der Waals surface area contributed by atoms with Crippen LogP contribution in [0.15, 0.2) is 30.3 Å². The fourth-order valence-electron chi connectivity index (χ4n) is 1.98. The molecule has 4 heteroatoms. The second-order valence-corrected chi connectivity index (χ2v) is 5.69. The predicted molar refractivity (Wildman–Crippen MR) is 84.9 cm³/mol. The van der Waals surface area contributed by atoms with Gasteiger partial charge in [0.25, 0.3) is 0 Å². The summed E-state index contributed by atoms with van der Waals surface area (Å²) in [4.78, 5) is 25.1. The summed E-state index contributed by atoms with van der Waals surface area (Å²) in [5.41, 5.74) is 1.20. The van der Waals surface area contributed by atoms with E-state index in [1.165, 1.54) is 5.56 Å². The minimum Gasteiger partial charge on any atom is -0.356 e. The highest BCUT2D eigenvalue weighted by molar-refractivity contribution is 5.78. The number of nitrogens with zero attached hydrogens (tertiary/aromatic N) is 1. The van der Waals surface area contributed by atoms with Gasteiger partial charge in [0.15, 0.2) is 0 Å². The summed E-state index contributed by atoms with van der Waals surface area (Å²) in [6, 6.07) is 10.1. The van der Waals surface area contributed by atoms with Gasteiger partial charge in [-0.2, -0.15) is 0 Å². The molecule has 0 saturated carbocycles. The van der Waals surface area contributed by atoms with Crippen molar-refractivity contribution in [1.29, 1.82) is 0 Å². The first-order valence-electron chi connectivity index (χ1n) is 7.55. The SMILES string of the molecule is CC(=O)N(CCC(=O)NCC(C)C)CCc1ccccc1. The van der Waals surface area contributed by atoms with Crippen molar-refractivity contribution in [2.75, 3.05) is 19.6 Å². The zero-order valence-electron chi connectivity index (χ0n) is 13.3. The molecular weight excluding hydrogens is 264 g/mol. The van der Waals surface area contributed by atoms with Crippen LogP contribution in [0.3, 0.4) is 0 Å². The Bertz CT molecular complexity index is 443. The maximum atomic E-state index is 11.7. The van der Waals surface area contributed by atoms with Crippen LogP contribution in [0.2, 0.25) is 0 Å². The van der Waals surface area contributed by atoms with Gasteiger partial charge in [-0.05, 0) is 17.9 Å². The number of hydrogen-bond acceptors (Lipinski definition) is 2. The first kappa shape index (κ1) is 17.2. The Morgan fingerprint density at radius 1 is 1.14 bits per heavy atom. The minimum absolute atomic E-state index is 0.00895. The Kier molecular flexibility index (Phi) is 7.51. The predicted octanol–water partition coefficient (Wildman–Crippen LogP) is 2.24. The molecule has 4 nitrogen and oxygen atoms in total. The average molecular weight is 290 g/mol. The normalized spacial score (nSPS) is 10.5. The standard InChI is InChI=1S/C17H26N2O2/c1-14(2)13-18-17(21)10-12-19(15(3)20)11-9-16-7-5-4-6-8-16/h4-8,14H,9-13H2,1-3H3,(H,18,21). The van der Waals surface area contributed by atoms with E-state index < -0.39 is 0 Å². The van der Waals surface area contributed by atoms with Crippen LogP contribution in [-0.4, -0.2) is 36.3 Å². The molecule has 0 saturated heterocycles. The first-order chi connectivity index (χ1) is 9.99. The molecule has 0 aliphatic heterocycles. The minimum atomic E-state index is 0.00895. The molecule has 0 atom stereocenters. The van der Waals surface area contributed by atoms with E-state index in [0.717, 1.165) is 6.42 Å². The molecule has 1 aromatic carbocycles. The molecule has 0 fully saturated rings.